The van der Waals surface area contributed by atoms with Gasteiger partial charge in [-0.1, -0.05) is 38.1 Å². The number of anilines is 1. The second kappa shape index (κ2) is 10.4. The van der Waals surface area contributed by atoms with Gasteiger partial charge in [0.15, 0.2) is 6.61 Å². The molecule has 1 N–H and O–H groups in total. The summed E-state index contributed by atoms with van der Waals surface area (Å²) in [5, 5.41) is 6.96. The molecular formula is C27H32FN3O3. The van der Waals surface area contributed by atoms with Crippen LogP contribution in [0.2, 0.25) is 0 Å². The van der Waals surface area contributed by atoms with Crippen molar-refractivity contribution in [1.29, 1.82) is 0 Å². The van der Waals surface area contributed by atoms with Gasteiger partial charge in [0.25, 0.3) is 5.91 Å². The zero-order valence-corrected chi connectivity index (χ0v) is 20.1. The van der Waals surface area contributed by atoms with Crippen LogP contribution < -0.4 is 10.1 Å². The fourth-order valence-corrected chi connectivity index (χ4v) is 4.53. The minimum absolute atomic E-state index is 0.0629. The molecule has 7 heteroatoms. The molecule has 0 bridgehead atoms. The van der Waals surface area contributed by atoms with Gasteiger partial charge in [-0.2, -0.15) is 5.10 Å². The third kappa shape index (κ3) is 5.47. The number of carbonyl (C=O) groups is 1. The number of amides is 1. The van der Waals surface area contributed by atoms with Crippen LogP contribution >= 0.6 is 0 Å². The van der Waals surface area contributed by atoms with Gasteiger partial charge in [-0.25, -0.2) is 4.39 Å². The third-order valence-corrected chi connectivity index (χ3v) is 6.69. The summed E-state index contributed by atoms with van der Waals surface area (Å²) >= 11 is 0. The summed E-state index contributed by atoms with van der Waals surface area (Å²) in [7, 11) is 1.83. The maximum atomic E-state index is 13.3. The van der Waals surface area contributed by atoms with Crippen molar-refractivity contribution < 1.29 is 18.7 Å². The summed E-state index contributed by atoms with van der Waals surface area (Å²) in [6, 6.07) is 14.5. The zero-order chi connectivity index (χ0) is 24.2. The summed E-state index contributed by atoms with van der Waals surface area (Å²) in [6.07, 6.45) is 2.53. The van der Waals surface area contributed by atoms with E-state index in [2.05, 4.69) is 24.3 Å². The number of aromatic nitrogens is 2. The van der Waals surface area contributed by atoms with Gasteiger partial charge in [0.1, 0.15) is 11.6 Å². The number of nitrogens with zero attached hydrogens (tertiary/aromatic N) is 2. The maximum Gasteiger partial charge on any atom is 0.262 e. The maximum absolute atomic E-state index is 13.3. The first kappa shape index (κ1) is 24.0. The molecule has 1 aliphatic rings. The molecule has 1 fully saturated rings. The van der Waals surface area contributed by atoms with Crippen molar-refractivity contribution in [2.75, 3.05) is 18.5 Å². The van der Waals surface area contributed by atoms with E-state index in [4.69, 9.17) is 9.47 Å². The Balaban J connectivity index is 1.41. The van der Waals surface area contributed by atoms with Gasteiger partial charge in [-0.15, -0.1) is 0 Å². The van der Waals surface area contributed by atoms with Crippen LogP contribution in [-0.2, 0) is 16.6 Å². The number of halogens is 1. The summed E-state index contributed by atoms with van der Waals surface area (Å²) < 4.78 is 27.2. The lowest BCUT2D eigenvalue weighted by molar-refractivity contribution is -0.118. The van der Waals surface area contributed by atoms with Gasteiger partial charge in [0, 0.05) is 13.0 Å². The molecule has 0 radical (unpaired) electrons. The van der Waals surface area contributed by atoms with Crippen LogP contribution in [0.25, 0.3) is 0 Å². The molecule has 3 aromatic rings. The van der Waals surface area contributed by atoms with Crippen molar-refractivity contribution in [2.24, 2.45) is 18.9 Å². The predicted octanol–water partition coefficient (Wildman–Crippen LogP) is 5.40. The van der Waals surface area contributed by atoms with Crippen LogP contribution in [-0.4, -0.2) is 28.9 Å². The zero-order valence-electron chi connectivity index (χ0n) is 20.1. The van der Waals surface area contributed by atoms with E-state index in [1.165, 1.54) is 12.1 Å². The number of hydrogen-bond acceptors (Lipinski definition) is 4. The summed E-state index contributed by atoms with van der Waals surface area (Å²) in [6.45, 7) is 6.79. The topological polar surface area (TPSA) is 65.4 Å². The second-order valence-electron chi connectivity index (χ2n) is 9.32. The van der Waals surface area contributed by atoms with Gasteiger partial charge >= 0.3 is 0 Å². The Morgan fingerprint density at radius 1 is 1.24 bits per heavy atom. The van der Waals surface area contributed by atoms with Crippen molar-refractivity contribution >= 4 is 11.6 Å². The molecule has 6 nitrogen and oxygen atoms in total. The number of rotatable bonds is 7. The minimum Gasteiger partial charge on any atom is -0.484 e. The van der Waals surface area contributed by atoms with E-state index >= 15 is 0 Å². The molecule has 2 aromatic carbocycles. The van der Waals surface area contributed by atoms with Crippen LogP contribution in [0.15, 0.2) is 54.7 Å². The molecule has 0 unspecified atom stereocenters. The fraction of sp³-hybridized carbons (Fsp3) is 0.407. The highest BCUT2D eigenvalue weighted by Crippen LogP contribution is 2.43. The largest absolute Gasteiger partial charge is 0.484 e. The molecule has 34 heavy (non-hydrogen) atoms. The lowest BCUT2D eigenvalue weighted by Crippen LogP contribution is -2.31. The van der Waals surface area contributed by atoms with Crippen LogP contribution in [0, 0.1) is 24.6 Å². The second-order valence-corrected chi connectivity index (χ2v) is 9.32. The Labute approximate surface area is 200 Å². The van der Waals surface area contributed by atoms with Gasteiger partial charge < -0.3 is 14.8 Å². The number of nitrogens with one attached hydrogen (secondary N) is 1. The molecule has 180 valence electrons. The summed E-state index contributed by atoms with van der Waals surface area (Å²) in [4.78, 5) is 12.3. The first-order valence-corrected chi connectivity index (χ1v) is 11.7. The summed E-state index contributed by atoms with van der Waals surface area (Å²) in [5.74, 6) is 1.12. The van der Waals surface area contributed by atoms with E-state index in [0.717, 1.165) is 23.2 Å². The smallest absolute Gasteiger partial charge is 0.262 e. The Bertz CT molecular complexity index is 1130. The number of aryl methyl sites for hydroxylation is 1. The monoisotopic (exact) mass is 465 g/mol. The van der Waals surface area contributed by atoms with E-state index in [1.807, 2.05) is 50.4 Å². The third-order valence-electron chi connectivity index (χ3n) is 6.69. The Hall–Kier alpha value is -3.19. The molecule has 0 spiro atoms. The van der Waals surface area contributed by atoms with Crippen molar-refractivity contribution in [3.05, 3.63) is 77.4 Å². The van der Waals surface area contributed by atoms with E-state index < -0.39 is 0 Å². The van der Waals surface area contributed by atoms with Crippen molar-refractivity contribution in [2.45, 2.75) is 39.2 Å². The van der Waals surface area contributed by atoms with Gasteiger partial charge in [0.05, 0.1) is 30.3 Å². The van der Waals surface area contributed by atoms with Gasteiger partial charge in [-0.05, 0) is 60.6 Å². The Morgan fingerprint density at radius 3 is 2.68 bits per heavy atom. The minimum atomic E-state index is -0.238. The molecule has 0 saturated carbocycles. The number of hydrogen-bond donors (Lipinski definition) is 1. The SMILES string of the molecule is Cc1c(NC(=O)COc2cccc([C@@H]3OC[C@@H](c4ccc(F)cc4)C[C@H]3C(C)C)c2)cnn1C. The van der Waals surface area contributed by atoms with Crippen LogP contribution in [0.4, 0.5) is 10.1 Å². The van der Waals surface area contributed by atoms with Crippen LogP contribution in [0.5, 0.6) is 5.75 Å². The van der Waals surface area contributed by atoms with Gasteiger partial charge in [0.2, 0.25) is 0 Å². The molecule has 1 aliphatic heterocycles. The highest BCUT2D eigenvalue weighted by Gasteiger charge is 2.35. The average molecular weight is 466 g/mol. The molecular weight excluding hydrogens is 433 g/mol. The van der Waals surface area contributed by atoms with Crippen LogP contribution in [0.3, 0.4) is 0 Å². The lowest BCUT2D eigenvalue weighted by atomic mass is 9.76. The molecule has 1 amide bonds. The highest BCUT2D eigenvalue weighted by atomic mass is 19.1. The number of carbonyl (C=O) groups excluding carboxylic acids is 1. The van der Waals surface area contributed by atoms with Crippen molar-refractivity contribution in [1.82, 2.24) is 9.78 Å². The summed E-state index contributed by atoms with van der Waals surface area (Å²) in [5.41, 5.74) is 3.70. The molecule has 1 saturated heterocycles. The Kier molecular flexibility index (Phi) is 7.32. The van der Waals surface area contributed by atoms with Gasteiger partial charge in [-0.3, -0.25) is 9.48 Å². The molecule has 3 atom stereocenters. The molecule has 0 aliphatic carbocycles. The van der Waals surface area contributed by atoms with E-state index in [-0.39, 0.29) is 30.4 Å². The van der Waals surface area contributed by atoms with Crippen molar-refractivity contribution in [3.8, 4) is 5.75 Å². The first-order valence-electron chi connectivity index (χ1n) is 11.7. The quantitative estimate of drug-likeness (QED) is 0.507. The van der Waals surface area contributed by atoms with Crippen LogP contribution in [0.1, 0.15) is 49.1 Å². The van der Waals surface area contributed by atoms with E-state index in [1.54, 1.807) is 10.9 Å². The van der Waals surface area contributed by atoms with Crippen molar-refractivity contribution in [3.63, 3.8) is 0 Å². The Morgan fingerprint density at radius 2 is 2.00 bits per heavy atom. The number of benzene rings is 2. The fourth-order valence-electron chi connectivity index (χ4n) is 4.53. The van der Waals surface area contributed by atoms with E-state index in [0.29, 0.717) is 29.9 Å². The average Bonchev–Trinajstić information content (AvgIpc) is 3.15. The highest BCUT2D eigenvalue weighted by molar-refractivity contribution is 5.92. The molecule has 2 heterocycles. The number of ether oxygens (including phenoxy) is 2. The predicted molar refractivity (Wildman–Crippen MR) is 129 cm³/mol. The normalized spacial score (nSPS) is 20.4. The lowest BCUT2D eigenvalue weighted by Gasteiger charge is -2.39. The van der Waals surface area contributed by atoms with E-state index in [9.17, 15) is 9.18 Å². The first-order chi connectivity index (χ1) is 16.3. The molecule has 1 aromatic heterocycles. The molecule has 4 rings (SSSR count). The standard InChI is InChI=1S/C27H32FN3O3/c1-17(2)24-13-21(19-8-10-22(28)11-9-19)15-34-27(24)20-6-5-7-23(12-20)33-16-26(32)30-25-14-29-31(4)18(25)3/h5-12,14,17,21,24,27H,13,15-16H2,1-4H3,(H,30,32)/t21-,24-,27-/m0/s1.